The molecule has 1 rings (SSSR count). The van der Waals surface area contributed by atoms with Gasteiger partial charge in [0, 0.05) is 31.3 Å². The molecule has 23 heteroatoms. The largest absolute Gasteiger partial charge is 0.481 e. The second-order valence-electron chi connectivity index (χ2n) is 12.4. The molecule has 0 aliphatic heterocycles. The highest BCUT2D eigenvalue weighted by Crippen LogP contribution is 2.07. The maximum Gasteiger partial charge on any atom is 0.327 e. The number of thiol groups is 1. The molecule has 0 fully saturated rings. The first-order valence-electron chi connectivity index (χ1n) is 17.1. The first kappa shape index (κ1) is 47.9. The van der Waals surface area contributed by atoms with Gasteiger partial charge in [0.2, 0.25) is 17.7 Å². The van der Waals surface area contributed by atoms with Crippen LogP contribution >= 0.6 is 12.6 Å². The van der Waals surface area contributed by atoms with Crippen molar-refractivity contribution in [3.63, 3.8) is 0 Å². The molecule has 0 bridgehead atoms. The fourth-order valence-corrected chi connectivity index (χ4v) is 4.99. The van der Waals surface area contributed by atoms with Gasteiger partial charge in [0.05, 0.1) is 19.3 Å². The molecule has 310 valence electrons. The van der Waals surface area contributed by atoms with E-state index in [1.54, 1.807) is 31.2 Å². The summed E-state index contributed by atoms with van der Waals surface area (Å²) in [6.07, 6.45) is -1.22. The predicted molar refractivity (Wildman–Crippen MR) is 195 cm³/mol. The monoisotopic (exact) mass is 813 g/mol. The fourth-order valence-electron chi connectivity index (χ4n) is 4.75. The highest BCUT2D eigenvalue weighted by Gasteiger charge is 2.32. The lowest BCUT2D eigenvalue weighted by atomic mass is 10.1. The van der Waals surface area contributed by atoms with Gasteiger partial charge in [-0.25, -0.2) is 19.2 Å². The number of urea groups is 2. The number of benzene rings is 1. The molecule has 1 aromatic rings. The smallest absolute Gasteiger partial charge is 0.327 e. The number of carboxylic acid groups (broad SMARTS) is 5. The first-order valence-corrected chi connectivity index (χ1v) is 17.7. The van der Waals surface area contributed by atoms with Crippen molar-refractivity contribution in [2.24, 2.45) is 0 Å². The number of rotatable bonds is 26. The number of aliphatic carboxylic acids is 5. The van der Waals surface area contributed by atoms with Crippen LogP contribution in [0.1, 0.15) is 63.0 Å². The number of carbonyl (C=O) groups is 10. The molecule has 5 atom stereocenters. The average Bonchev–Trinajstić information content (AvgIpc) is 3.10. The summed E-state index contributed by atoms with van der Waals surface area (Å²) in [6.45, 7) is 2.13. The van der Waals surface area contributed by atoms with Gasteiger partial charge in [-0.05, 0) is 43.7 Å². The Labute approximate surface area is 325 Å². The number of carbonyl (C=O) groups excluding carboxylic acids is 5. The van der Waals surface area contributed by atoms with E-state index in [0.29, 0.717) is 36.9 Å². The van der Waals surface area contributed by atoms with Crippen LogP contribution < -0.4 is 37.2 Å². The highest BCUT2D eigenvalue weighted by molar-refractivity contribution is 7.80. The summed E-state index contributed by atoms with van der Waals surface area (Å²) in [6, 6.07) is -1.59. The summed E-state index contributed by atoms with van der Waals surface area (Å²) in [5, 5.41) is 61.9. The standard InChI is InChI=1S/C33H47N7O15S/c1-17(36-33(55)40-20(30(50)51)9-10-25(42)43)4-2-3-11-34-32(54)35-15-19-7-5-18(6-8-19)12-24(41)37-21(13-26(44)45)28(48)38-22(14-27(46)47)29(49)39-23(16-56)31(52)53/h5-8,17,20-23,56H,2-4,9-16H2,1H3,(H,37,41)(H,38,48)(H,39,49)(H,42,43)(H,44,45)(H,46,47)(H,50,51)(H,52,53)(H2,34,35,54)(H2,36,40,55)/t17-,20+,21+,22+,23+/m1/s1. The van der Waals surface area contributed by atoms with Crippen molar-refractivity contribution < 1.29 is 73.5 Å². The normalized spacial score (nSPS) is 13.2. The second kappa shape index (κ2) is 25.0. The molecule has 0 unspecified atom stereocenters. The molecule has 0 saturated carbocycles. The summed E-state index contributed by atoms with van der Waals surface area (Å²) < 4.78 is 0. The second-order valence-corrected chi connectivity index (χ2v) is 12.8. The molecular formula is C33H47N7O15S. The van der Waals surface area contributed by atoms with Crippen LogP contribution in [0.4, 0.5) is 9.59 Å². The van der Waals surface area contributed by atoms with E-state index in [-0.39, 0.29) is 31.2 Å². The lowest BCUT2D eigenvalue weighted by Gasteiger charge is -2.22. The zero-order chi connectivity index (χ0) is 42.4. The van der Waals surface area contributed by atoms with Crippen LogP contribution in [0.5, 0.6) is 0 Å². The van der Waals surface area contributed by atoms with E-state index < -0.39 is 103 Å². The van der Waals surface area contributed by atoms with Gasteiger partial charge in [-0.1, -0.05) is 24.3 Å². The van der Waals surface area contributed by atoms with Gasteiger partial charge in [-0.2, -0.15) is 12.6 Å². The van der Waals surface area contributed by atoms with Crippen LogP contribution in [0, 0.1) is 0 Å². The number of hydrogen-bond acceptors (Lipinski definition) is 11. The molecule has 1 aromatic carbocycles. The summed E-state index contributed by atoms with van der Waals surface area (Å²) in [7, 11) is 0. The summed E-state index contributed by atoms with van der Waals surface area (Å²) >= 11 is 3.79. The van der Waals surface area contributed by atoms with Crippen LogP contribution in [0.15, 0.2) is 24.3 Å². The lowest BCUT2D eigenvalue weighted by molar-refractivity contribution is -0.144. The highest BCUT2D eigenvalue weighted by atomic mass is 32.1. The number of unbranched alkanes of at least 4 members (excludes halogenated alkanes) is 1. The number of nitrogens with one attached hydrogen (secondary N) is 7. The van der Waals surface area contributed by atoms with Crippen LogP contribution in [0.3, 0.4) is 0 Å². The van der Waals surface area contributed by atoms with Crippen molar-refractivity contribution in [1.29, 1.82) is 0 Å². The van der Waals surface area contributed by atoms with E-state index in [0.717, 1.165) is 0 Å². The Kier molecular flexibility index (Phi) is 21.4. The van der Waals surface area contributed by atoms with Crippen LogP contribution in [0.25, 0.3) is 0 Å². The Morgan fingerprint density at radius 1 is 0.589 bits per heavy atom. The van der Waals surface area contributed by atoms with Crippen molar-refractivity contribution in [1.82, 2.24) is 37.2 Å². The van der Waals surface area contributed by atoms with Gasteiger partial charge in [0.1, 0.15) is 24.2 Å². The Bertz CT molecular complexity index is 1580. The van der Waals surface area contributed by atoms with Gasteiger partial charge in [-0.3, -0.25) is 28.8 Å². The molecule has 56 heavy (non-hydrogen) atoms. The van der Waals surface area contributed by atoms with Crippen molar-refractivity contribution in [3.05, 3.63) is 35.4 Å². The maximum atomic E-state index is 12.9. The molecule has 0 aliphatic carbocycles. The Morgan fingerprint density at radius 2 is 1.12 bits per heavy atom. The average molecular weight is 814 g/mol. The molecule has 0 radical (unpaired) electrons. The van der Waals surface area contributed by atoms with Crippen molar-refractivity contribution >= 4 is 72.3 Å². The van der Waals surface area contributed by atoms with E-state index in [4.69, 9.17) is 15.3 Å². The summed E-state index contributed by atoms with van der Waals surface area (Å²) in [5.74, 6) is -10.6. The fraction of sp³-hybridized carbons (Fsp3) is 0.515. The number of carboxylic acids is 5. The van der Waals surface area contributed by atoms with E-state index >= 15 is 0 Å². The van der Waals surface area contributed by atoms with Gasteiger partial charge in [-0.15, -0.1) is 0 Å². The van der Waals surface area contributed by atoms with E-state index in [1.807, 2.05) is 5.32 Å². The Balaban J connectivity index is 2.56. The summed E-state index contributed by atoms with van der Waals surface area (Å²) in [4.78, 5) is 118. The third-order valence-corrected chi connectivity index (χ3v) is 8.02. The van der Waals surface area contributed by atoms with Crippen LogP contribution in [-0.4, -0.2) is 128 Å². The topological polar surface area (TPSA) is 356 Å². The first-order chi connectivity index (χ1) is 26.3. The molecule has 0 aromatic heterocycles. The molecule has 0 aliphatic rings. The molecular weight excluding hydrogens is 766 g/mol. The lowest BCUT2D eigenvalue weighted by Crippen LogP contribution is -2.57. The molecule has 0 saturated heterocycles. The van der Waals surface area contributed by atoms with Crippen LogP contribution in [-0.2, 0) is 51.3 Å². The quantitative estimate of drug-likeness (QED) is 0.0379. The number of amides is 7. The molecule has 0 spiro atoms. The third kappa shape index (κ3) is 20.4. The summed E-state index contributed by atoms with van der Waals surface area (Å²) in [5.41, 5.74) is 1.10. The predicted octanol–water partition coefficient (Wildman–Crippen LogP) is -1.38. The molecule has 7 amide bonds. The Hall–Kier alpha value is -6.13. The van der Waals surface area contributed by atoms with Gasteiger partial charge in [0.25, 0.3) is 0 Å². The van der Waals surface area contributed by atoms with E-state index in [9.17, 15) is 58.2 Å². The van der Waals surface area contributed by atoms with Crippen molar-refractivity contribution in [2.75, 3.05) is 12.3 Å². The van der Waals surface area contributed by atoms with E-state index in [1.165, 1.54) is 0 Å². The SMILES string of the molecule is C[C@H](CCCCNC(=O)NCc1ccc(CC(=O)N[C@@H](CC(=O)O)C(=O)N[C@@H](CC(=O)O)C(=O)N[C@@H](CS)C(=O)O)cc1)NC(=O)N[C@@H](CCC(=O)O)C(=O)O. The van der Waals surface area contributed by atoms with Gasteiger partial charge in [0.15, 0.2) is 0 Å². The molecule has 22 nitrogen and oxygen atoms in total. The van der Waals surface area contributed by atoms with E-state index in [2.05, 4.69) is 44.5 Å². The van der Waals surface area contributed by atoms with Gasteiger partial charge >= 0.3 is 41.9 Å². The zero-order valence-electron chi connectivity index (χ0n) is 30.2. The van der Waals surface area contributed by atoms with Gasteiger partial charge < -0.3 is 62.8 Å². The third-order valence-electron chi connectivity index (χ3n) is 7.66. The maximum absolute atomic E-state index is 12.9. The van der Waals surface area contributed by atoms with Crippen molar-refractivity contribution in [3.8, 4) is 0 Å². The van der Waals surface area contributed by atoms with Crippen LogP contribution in [0.2, 0.25) is 0 Å². The molecule has 0 heterocycles. The molecule has 12 N–H and O–H groups in total. The minimum atomic E-state index is -1.81. The minimum Gasteiger partial charge on any atom is -0.481 e. The minimum absolute atomic E-state index is 0.116. The number of hydrogen-bond donors (Lipinski definition) is 13. The Morgan fingerprint density at radius 3 is 1.64 bits per heavy atom. The van der Waals surface area contributed by atoms with Crippen molar-refractivity contribution in [2.45, 2.75) is 95.0 Å². The zero-order valence-corrected chi connectivity index (χ0v) is 31.1.